The molecule has 0 unspecified atom stereocenters. The summed E-state index contributed by atoms with van der Waals surface area (Å²) in [5, 5.41) is 3.72. The van der Waals surface area contributed by atoms with E-state index in [-0.39, 0.29) is 18.4 Å². The number of amides is 1. The molecule has 1 N–H and O–H groups in total. The highest BCUT2D eigenvalue weighted by Gasteiger charge is 2.21. The lowest BCUT2D eigenvalue weighted by atomic mass is 10.1. The number of aryl methyl sites for hydroxylation is 1. The fourth-order valence-electron chi connectivity index (χ4n) is 2.79. The normalized spacial score (nSPS) is 11.8. The minimum absolute atomic E-state index is 0.0961. The van der Waals surface area contributed by atoms with Crippen molar-refractivity contribution in [3.05, 3.63) is 82.9 Å². The molecule has 0 bridgehead atoms. The molecule has 0 saturated carbocycles. The molecule has 26 heavy (non-hydrogen) atoms. The van der Waals surface area contributed by atoms with Crippen molar-refractivity contribution in [3.63, 3.8) is 0 Å². The first-order valence-electron chi connectivity index (χ1n) is 8.22. The molecule has 0 aliphatic rings. The van der Waals surface area contributed by atoms with E-state index in [1.807, 2.05) is 54.2 Å². The second-order valence-corrected chi connectivity index (χ2v) is 6.41. The lowest BCUT2D eigenvalue weighted by molar-refractivity contribution is -0.121. The van der Waals surface area contributed by atoms with Crippen molar-refractivity contribution in [2.75, 3.05) is 7.11 Å². The molecular weight excluding hydrogens is 350 g/mol. The zero-order chi connectivity index (χ0) is 18.5. The lowest BCUT2D eigenvalue weighted by Crippen LogP contribution is -2.32. The molecule has 1 aromatic heterocycles. The van der Waals surface area contributed by atoms with Gasteiger partial charge in [-0.3, -0.25) is 4.79 Å². The predicted octanol–water partition coefficient (Wildman–Crippen LogP) is 3.53. The average molecular weight is 370 g/mol. The molecule has 0 saturated heterocycles. The molecule has 2 aromatic carbocycles. The van der Waals surface area contributed by atoms with Crippen LogP contribution in [-0.4, -0.2) is 22.6 Å². The molecule has 5 nitrogen and oxygen atoms in total. The van der Waals surface area contributed by atoms with Crippen molar-refractivity contribution in [1.29, 1.82) is 0 Å². The number of rotatable bonds is 6. The van der Waals surface area contributed by atoms with Crippen LogP contribution in [0.2, 0.25) is 5.02 Å². The first kappa shape index (κ1) is 18.0. The smallest absolute Gasteiger partial charge is 0.225 e. The molecule has 1 amide bonds. The van der Waals surface area contributed by atoms with Gasteiger partial charge in [-0.05, 0) is 35.4 Å². The Labute approximate surface area is 157 Å². The van der Waals surface area contributed by atoms with Gasteiger partial charge in [-0.1, -0.05) is 35.9 Å². The van der Waals surface area contributed by atoms with Crippen LogP contribution < -0.4 is 10.1 Å². The average Bonchev–Trinajstić information content (AvgIpc) is 3.06. The van der Waals surface area contributed by atoms with E-state index in [4.69, 9.17) is 16.3 Å². The number of halogens is 1. The van der Waals surface area contributed by atoms with Crippen molar-refractivity contribution >= 4 is 17.5 Å². The first-order chi connectivity index (χ1) is 12.6. The summed E-state index contributed by atoms with van der Waals surface area (Å²) < 4.78 is 7.11. The SMILES string of the molecule is COc1cccc(CC(=O)N[C@@H](c2ccc(Cl)cc2)c2nccn2C)c1. The number of hydrogen-bond donors (Lipinski definition) is 1. The van der Waals surface area contributed by atoms with Gasteiger partial charge in [-0.25, -0.2) is 4.98 Å². The maximum atomic E-state index is 12.7. The van der Waals surface area contributed by atoms with Crippen molar-refractivity contribution in [2.24, 2.45) is 7.05 Å². The Bertz CT molecular complexity index is 890. The minimum Gasteiger partial charge on any atom is -0.497 e. The van der Waals surface area contributed by atoms with Crippen LogP contribution in [0.5, 0.6) is 5.75 Å². The van der Waals surface area contributed by atoms with E-state index >= 15 is 0 Å². The van der Waals surface area contributed by atoms with E-state index in [9.17, 15) is 4.79 Å². The Balaban J connectivity index is 1.82. The summed E-state index contributed by atoms with van der Waals surface area (Å²) in [6.45, 7) is 0. The van der Waals surface area contributed by atoms with Crippen LogP contribution in [0.25, 0.3) is 0 Å². The number of imidazole rings is 1. The Morgan fingerprint density at radius 2 is 2.04 bits per heavy atom. The standard InChI is InChI=1S/C20H20ClN3O2/c1-24-11-10-22-20(24)19(15-6-8-16(21)9-7-15)23-18(25)13-14-4-3-5-17(12-14)26-2/h3-12,19H,13H2,1-2H3,(H,23,25)/t19-/m0/s1. The first-order valence-corrected chi connectivity index (χ1v) is 8.59. The molecule has 0 aliphatic heterocycles. The Hall–Kier alpha value is -2.79. The molecule has 0 aliphatic carbocycles. The number of carbonyl (C=O) groups excluding carboxylic acids is 1. The number of nitrogens with zero attached hydrogens (tertiary/aromatic N) is 2. The number of nitrogens with one attached hydrogen (secondary N) is 1. The zero-order valence-corrected chi connectivity index (χ0v) is 15.4. The molecule has 0 fully saturated rings. The number of benzene rings is 2. The van der Waals surface area contributed by atoms with Gasteiger partial charge < -0.3 is 14.6 Å². The third-order valence-corrected chi connectivity index (χ3v) is 4.38. The predicted molar refractivity (Wildman–Crippen MR) is 101 cm³/mol. The number of aromatic nitrogens is 2. The van der Waals surface area contributed by atoms with Crippen LogP contribution in [0, 0.1) is 0 Å². The van der Waals surface area contributed by atoms with E-state index in [2.05, 4.69) is 10.3 Å². The van der Waals surface area contributed by atoms with Gasteiger partial charge in [-0.15, -0.1) is 0 Å². The molecule has 6 heteroatoms. The monoisotopic (exact) mass is 369 g/mol. The van der Waals surface area contributed by atoms with E-state index in [0.717, 1.165) is 22.7 Å². The summed E-state index contributed by atoms with van der Waals surface area (Å²) in [6.07, 6.45) is 3.82. The summed E-state index contributed by atoms with van der Waals surface area (Å²) in [5.74, 6) is 1.39. The highest BCUT2D eigenvalue weighted by atomic mass is 35.5. The maximum absolute atomic E-state index is 12.7. The quantitative estimate of drug-likeness (QED) is 0.723. The molecule has 134 valence electrons. The highest BCUT2D eigenvalue weighted by Crippen LogP contribution is 2.22. The number of hydrogen-bond acceptors (Lipinski definition) is 3. The third-order valence-electron chi connectivity index (χ3n) is 4.12. The van der Waals surface area contributed by atoms with Crippen molar-refractivity contribution in [3.8, 4) is 5.75 Å². The van der Waals surface area contributed by atoms with E-state index in [1.165, 1.54) is 0 Å². The molecule has 1 atom stereocenters. The van der Waals surface area contributed by atoms with E-state index in [1.54, 1.807) is 25.4 Å². The highest BCUT2D eigenvalue weighted by molar-refractivity contribution is 6.30. The van der Waals surface area contributed by atoms with Gasteiger partial charge >= 0.3 is 0 Å². The molecule has 0 radical (unpaired) electrons. The summed E-state index contributed by atoms with van der Waals surface area (Å²) in [7, 11) is 3.51. The van der Waals surface area contributed by atoms with Gasteiger partial charge in [0.15, 0.2) is 0 Å². The summed E-state index contributed by atoms with van der Waals surface area (Å²) in [4.78, 5) is 17.1. The van der Waals surface area contributed by atoms with Gasteiger partial charge in [0.2, 0.25) is 5.91 Å². The maximum Gasteiger partial charge on any atom is 0.225 e. The summed E-state index contributed by atoms with van der Waals surface area (Å²) in [6, 6.07) is 14.5. The van der Waals surface area contributed by atoms with Crippen LogP contribution in [0.1, 0.15) is 23.0 Å². The van der Waals surface area contributed by atoms with Crippen LogP contribution in [0.15, 0.2) is 60.9 Å². The molecule has 0 spiro atoms. The van der Waals surface area contributed by atoms with Crippen LogP contribution in [0.3, 0.4) is 0 Å². The second-order valence-electron chi connectivity index (χ2n) is 5.98. The van der Waals surface area contributed by atoms with Gasteiger partial charge in [0, 0.05) is 24.5 Å². The summed E-state index contributed by atoms with van der Waals surface area (Å²) >= 11 is 5.99. The number of ether oxygens (including phenoxy) is 1. The lowest BCUT2D eigenvalue weighted by Gasteiger charge is -2.19. The molecule has 3 aromatic rings. The third kappa shape index (κ3) is 4.24. The van der Waals surface area contributed by atoms with Crippen molar-refractivity contribution in [2.45, 2.75) is 12.5 Å². The van der Waals surface area contributed by atoms with Crippen molar-refractivity contribution in [1.82, 2.24) is 14.9 Å². The van der Waals surface area contributed by atoms with Crippen molar-refractivity contribution < 1.29 is 9.53 Å². The fourth-order valence-corrected chi connectivity index (χ4v) is 2.91. The topological polar surface area (TPSA) is 56.1 Å². The van der Waals surface area contributed by atoms with Crippen LogP contribution in [-0.2, 0) is 18.3 Å². The van der Waals surface area contributed by atoms with E-state index < -0.39 is 0 Å². The Morgan fingerprint density at radius 1 is 1.27 bits per heavy atom. The van der Waals surface area contributed by atoms with Gasteiger partial charge in [0.25, 0.3) is 0 Å². The molecule has 3 rings (SSSR count). The van der Waals surface area contributed by atoms with Crippen LogP contribution in [0.4, 0.5) is 0 Å². The Kier molecular flexibility index (Phi) is 5.58. The Morgan fingerprint density at radius 3 is 2.69 bits per heavy atom. The molecular formula is C20H20ClN3O2. The largest absolute Gasteiger partial charge is 0.497 e. The van der Waals surface area contributed by atoms with E-state index in [0.29, 0.717) is 5.02 Å². The van der Waals surface area contributed by atoms with Gasteiger partial charge in [0.1, 0.15) is 17.6 Å². The number of methoxy groups -OCH3 is 1. The zero-order valence-electron chi connectivity index (χ0n) is 14.6. The minimum atomic E-state index is -0.356. The fraction of sp³-hybridized carbons (Fsp3) is 0.200. The van der Waals surface area contributed by atoms with Gasteiger partial charge in [-0.2, -0.15) is 0 Å². The second kappa shape index (κ2) is 8.06. The summed E-state index contributed by atoms with van der Waals surface area (Å²) in [5.41, 5.74) is 1.80. The van der Waals surface area contributed by atoms with Crippen LogP contribution >= 0.6 is 11.6 Å². The van der Waals surface area contributed by atoms with Gasteiger partial charge in [0.05, 0.1) is 13.5 Å². The molecule has 1 heterocycles. The number of carbonyl (C=O) groups is 1.